The van der Waals surface area contributed by atoms with Crippen LogP contribution in [-0.2, 0) is 16.1 Å². The van der Waals surface area contributed by atoms with E-state index < -0.39 is 5.97 Å². The molecule has 0 radical (unpaired) electrons. The quantitative estimate of drug-likeness (QED) is 0.363. The standard InChI is InChI=1S/C23H20N6O2/c1-15-7-10-18(11-8-15)26-23-28-19(27-22(24)29-23)14-31-20(30)12-9-17-5-2-4-16-6-3-13-25-21(16)17/h2-13H,14H2,1H3,(H3,24,26,27,28,29)/b12-9+. The van der Waals surface area contributed by atoms with Gasteiger partial charge in [0, 0.05) is 28.9 Å². The molecule has 0 saturated carbocycles. The van der Waals surface area contributed by atoms with Crippen molar-refractivity contribution in [2.75, 3.05) is 11.1 Å². The SMILES string of the molecule is Cc1ccc(Nc2nc(N)nc(COC(=O)/C=C/c3cccc4cccnc34)n2)cc1. The first-order chi connectivity index (χ1) is 15.1. The smallest absolute Gasteiger partial charge is 0.331 e. The van der Waals surface area contributed by atoms with Gasteiger partial charge in [-0.15, -0.1) is 0 Å². The summed E-state index contributed by atoms with van der Waals surface area (Å²) >= 11 is 0. The Morgan fingerprint density at radius 2 is 1.87 bits per heavy atom. The lowest BCUT2D eigenvalue weighted by Gasteiger charge is -2.08. The molecule has 154 valence electrons. The van der Waals surface area contributed by atoms with Gasteiger partial charge in [0.05, 0.1) is 5.52 Å². The maximum Gasteiger partial charge on any atom is 0.331 e. The van der Waals surface area contributed by atoms with E-state index in [1.54, 1.807) is 12.3 Å². The highest BCUT2D eigenvalue weighted by molar-refractivity contribution is 5.92. The first kappa shape index (κ1) is 20.0. The Balaban J connectivity index is 1.41. The maximum absolute atomic E-state index is 12.2. The highest BCUT2D eigenvalue weighted by atomic mass is 16.5. The van der Waals surface area contributed by atoms with E-state index in [9.17, 15) is 4.79 Å². The van der Waals surface area contributed by atoms with Crippen molar-refractivity contribution in [3.05, 3.63) is 83.8 Å². The van der Waals surface area contributed by atoms with Gasteiger partial charge in [-0.25, -0.2) is 4.79 Å². The van der Waals surface area contributed by atoms with E-state index in [0.717, 1.165) is 27.7 Å². The Kier molecular flexibility index (Phi) is 5.79. The van der Waals surface area contributed by atoms with Gasteiger partial charge in [0.25, 0.3) is 0 Å². The lowest BCUT2D eigenvalue weighted by molar-refractivity contribution is -0.139. The Morgan fingerprint density at radius 1 is 1.06 bits per heavy atom. The average Bonchev–Trinajstić information content (AvgIpc) is 2.77. The van der Waals surface area contributed by atoms with E-state index >= 15 is 0 Å². The maximum atomic E-state index is 12.2. The molecule has 0 amide bonds. The van der Waals surface area contributed by atoms with E-state index in [4.69, 9.17) is 10.5 Å². The van der Waals surface area contributed by atoms with Crippen LogP contribution in [0.1, 0.15) is 17.0 Å². The van der Waals surface area contributed by atoms with E-state index in [0.29, 0.717) is 0 Å². The van der Waals surface area contributed by atoms with Crippen LogP contribution in [0.15, 0.2) is 66.9 Å². The molecule has 0 fully saturated rings. The monoisotopic (exact) mass is 412 g/mol. The van der Waals surface area contributed by atoms with Gasteiger partial charge in [-0.1, -0.05) is 42.0 Å². The fourth-order valence-corrected chi connectivity index (χ4v) is 2.93. The van der Waals surface area contributed by atoms with Crippen LogP contribution in [0.5, 0.6) is 0 Å². The predicted octanol–water partition coefficient (Wildman–Crippen LogP) is 3.81. The number of para-hydroxylation sites is 1. The van der Waals surface area contributed by atoms with Crippen LogP contribution in [0.4, 0.5) is 17.6 Å². The summed E-state index contributed by atoms with van der Waals surface area (Å²) in [5.74, 6) is 0.0310. The van der Waals surface area contributed by atoms with Crippen molar-refractivity contribution in [1.29, 1.82) is 0 Å². The topological polar surface area (TPSA) is 116 Å². The zero-order chi connectivity index (χ0) is 21.6. The highest BCUT2D eigenvalue weighted by Crippen LogP contribution is 2.17. The average molecular weight is 412 g/mol. The van der Waals surface area contributed by atoms with E-state index in [2.05, 4.69) is 25.3 Å². The number of aromatic nitrogens is 4. The van der Waals surface area contributed by atoms with Crippen LogP contribution in [0.3, 0.4) is 0 Å². The van der Waals surface area contributed by atoms with Crippen LogP contribution >= 0.6 is 0 Å². The third kappa shape index (κ3) is 5.18. The molecule has 2 heterocycles. The van der Waals surface area contributed by atoms with Gasteiger partial charge >= 0.3 is 5.97 Å². The fourth-order valence-electron chi connectivity index (χ4n) is 2.93. The zero-order valence-electron chi connectivity index (χ0n) is 16.8. The van der Waals surface area contributed by atoms with Crippen molar-refractivity contribution in [2.24, 2.45) is 0 Å². The van der Waals surface area contributed by atoms with Gasteiger partial charge in [-0.3, -0.25) is 4.98 Å². The number of pyridine rings is 1. The second-order valence-corrected chi connectivity index (χ2v) is 6.79. The minimum atomic E-state index is -0.528. The molecule has 4 aromatic rings. The van der Waals surface area contributed by atoms with Crippen LogP contribution in [0.2, 0.25) is 0 Å². The number of aryl methyl sites for hydroxylation is 1. The van der Waals surface area contributed by atoms with Gasteiger partial charge < -0.3 is 15.8 Å². The van der Waals surface area contributed by atoms with Crippen LogP contribution < -0.4 is 11.1 Å². The van der Waals surface area contributed by atoms with Gasteiger partial charge in [0.15, 0.2) is 12.4 Å². The molecule has 0 aliphatic heterocycles. The van der Waals surface area contributed by atoms with Crippen LogP contribution in [-0.4, -0.2) is 25.9 Å². The van der Waals surface area contributed by atoms with Gasteiger partial charge in [0.2, 0.25) is 11.9 Å². The largest absolute Gasteiger partial charge is 0.454 e. The zero-order valence-corrected chi connectivity index (χ0v) is 16.8. The number of benzene rings is 2. The number of fused-ring (bicyclic) bond motifs is 1. The summed E-state index contributed by atoms with van der Waals surface area (Å²) in [7, 11) is 0. The Bertz CT molecular complexity index is 1250. The number of nitrogens with two attached hydrogens (primary N) is 1. The van der Waals surface area contributed by atoms with Crippen molar-refractivity contribution in [3.63, 3.8) is 0 Å². The molecular weight excluding hydrogens is 392 g/mol. The number of esters is 1. The Hall–Kier alpha value is -4.33. The molecule has 3 N–H and O–H groups in total. The molecule has 0 aliphatic rings. The van der Waals surface area contributed by atoms with Gasteiger partial charge in [-0.2, -0.15) is 15.0 Å². The molecule has 0 bridgehead atoms. The number of carbonyl (C=O) groups is 1. The number of nitrogens with zero attached hydrogens (tertiary/aromatic N) is 4. The third-order valence-corrected chi connectivity index (χ3v) is 4.41. The number of carbonyl (C=O) groups excluding carboxylic acids is 1. The summed E-state index contributed by atoms with van der Waals surface area (Å²) in [4.78, 5) is 28.9. The molecule has 2 aromatic carbocycles. The predicted molar refractivity (Wildman–Crippen MR) is 119 cm³/mol. The molecule has 8 nitrogen and oxygen atoms in total. The molecule has 2 aromatic heterocycles. The lowest BCUT2D eigenvalue weighted by Crippen LogP contribution is -2.10. The Labute approximate surface area is 178 Å². The van der Waals surface area contributed by atoms with Crippen molar-refractivity contribution < 1.29 is 9.53 Å². The fraction of sp³-hybridized carbons (Fsp3) is 0.0870. The van der Waals surface area contributed by atoms with E-state index in [-0.39, 0.29) is 24.3 Å². The number of anilines is 3. The number of nitrogens with one attached hydrogen (secondary N) is 1. The second-order valence-electron chi connectivity index (χ2n) is 6.79. The van der Waals surface area contributed by atoms with Crippen molar-refractivity contribution >= 4 is 40.5 Å². The summed E-state index contributed by atoms with van der Waals surface area (Å²) < 4.78 is 5.26. The molecular formula is C23H20N6O2. The van der Waals surface area contributed by atoms with Gasteiger partial charge in [-0.05, 0) is 31.2 Å². The summed E-state index contributed by atoms with van der Waals surface area (Å²) in [6.45, 7) is 1.87. The summed E-state index contributed by atoms with van der Waals surface area (Å²) in [6.07, 6.45) is 4.73. The first-order valence-corrected chi connectivity index (χ1v) is 9.59. The number of hydrogen-bond donors (Lipinski definition) is 2. The minimum absolute atomic E-state index is 0.0352. The molecule has 0 spiro atoms. The number of ether oxygens (including phenoxy) is 1. The second kappa shape index (κ2) is 9.00. The summed E-state index contributed by atoms with van der Waals surface area (Å²) in [5.41, 5.74) is 9.35. The lowest BCUT2D eigenvalue weighted by atomic mass is 10.1. The molecule has 4 rings (SSSR count). The molecule has 8 heteroatoms. The third-order valence-electron chi connectivity index (χ3n) is 4.41. The highest BCUT2D eigenvalue weighted by Gasteiger charge is 2.08. The molecule has 31 heavy (non-hydrogen) atoms. The van der Waals surface area contributed by atoms with Crippen molar-refractivity contribution in [3.8, 4) is 0 Å². The summed E-state index contributed by atoms with van der Waals surface area (Å²) in [6, 6.07) is 17.3. The van der Waals surface area contributed by atoms with Crippen LogP contribution in [0.25, 0.3) is 17.0 Å². The van der Waals surface area contributed by atoms with E-state index in [1.165, 1.54) is 6.08 Å². The van der Waals surface area contributed by atoms with Crippen LogP contribution in [0, 0.1) is 6.92 Å². The number of nitrogen functional groups attached to an aromatic ring is 1. The minimum Gasteiger partial charge on any atom is -0.454 e. The first-order valence-electron chi connectivity index (χ1n) is 9.59. The summed E-state index contributed by atoms with van der Waals surface area (Å²) in [5, 5.41) is 4.05. The van der Waals surface area contributed by atoms with Crippen molar-refractivity contribution in [2.45, 2.75) is 13.5 Å². The molecule has 0 unspecified atom stereocenters. The number of hydrogen-bond acceptors (Lipinski definition) is 8. The Morgan fingerprint density at radius 3 is 2.71 bits per heavy atom. The molecule has 0 aliphatic carbocycles. The van der Waals surface area contributed by atoms with Gasteiger partial charge in [0.1, 0.15) is 0 Å². The number of rotatable bonds is 6. The van der Waals surface area contributed by atoms with Crippen molar-refractivity contribution in [1.82, 2.24) is 19.9 Å². The molecule has 0 saturated heterocycles. The van der Waals surface area contributed by atoms with E-state index in [1.807, 2.05) is 61.5 Å². The normalized spacial score (nSPS) is 11.0. The molecule has 0 atom stereocenters.